The number of ether oxygens (including phenoxy) is 1. The molecule has 132 valence electrons. The third-order valence-corrected chi connectivity index (χ3v) is 5.78. The van der Waals surface area contributed by atoms with Crippen LogP contribution in [0.5, 0.6) is 0 Å². The molecule has 0 amide bonds. The summed E-state index contributed by atoms with van der Waals surface area (Å²) < 4.78 is 7.64. The second-order valence-electron chi connectivity index (χ2n) is 7.16. The molecule has 1 N–H and O–H groups in total. The molecule has 0 unspecified atom stereocenters. The van der Waals surface area contributed by atoms with Gasteiger partial charge in [0.2, 0.25) is 5.28 Å². The summed E-state index contributed by atoms with van der Waals surface area (Å²) in [5.74, 6) is 0. The molecule has 8 heteroatoms. The Balaban J connectivity index is 1.97. The summed E-state index contributed by atoms with van der Waals surface area (Å²) in [5, 5.41) is 0.558. The van der Waals surface area contributed by atoms with Crippen LogP contribution >= 0.6 is 11.6 Å². The van der Waals surface area contributed by atoms with Gasteiger partial charge in [-0.1, -0.05) is 25.7 Å². The standard InChI is InChI=1S/C17H21ClN4O2Si/c1-25(2,3)8-7-24-11-22-10-13(12-5-4-6-19-9-12)14-15(22)20-17(18)21-16(14)23/h4-6,9-10H,7-8,11H2,1-3H3,(H,20,21,23). The molecule has 6 nitrogen and oxygen atoms in total. The molecule has 0 bridgehead atoms. The molecule has 3 aromatic rings. The minimum absolute atomic E-state index is 0.0664. The van der Waals surface area contributed by atoms with E-state index < -0.39 is 8.07 Å². The number of nitrogens with one attached hydrogen (secondary N) is 1. The summed E-state index contributed by atoms with van der Waals surface area (Å²) in [6, 6.07) is 4.82. The van der Waals surface area contributed by atoms with E-state index in [-0.39, 0.29) is 10.8 Å². The summed E-state index contributed by atoms with van der Waals surface area (Å²) in [6.07, 6.45) is 5.29. The van der Waals surface area contributed by atoms with E-state index in [0.29, 0.717) is 24.4 Å². The number of halogens is 1. The normalized spacial score (nSPS) is 12.0. The van der Waals surface area contributed by atoms with Gasteiger partial charge in [-0.3, -0.25) is 14.8 Å². The van der Waals surface area contributed by atoms with Crippen LogP contribution in [-0.2, 0) is 11.5 Å². The highest BCUT2D eigenvalue weighted by Gasteiger charge is 2.17. The van der Waals surface area contributed by atoms with E-state index in [2.05, 4.69) is 34.6 Å². The summed E-state index contributed by atoms with van der Waals surface area (Å²) in [4.78, 5) is 23.4. The molecule has 0 aliphatic rings. The summed E-state index contributed by atoms with van der Waals surface area (Å²) in [7, 11) is -1.15. The monoisotopic (exact) mass is 376 g/mol. The summed E-state index contributed by atoms with van der Waals surface area (Å²) in [6.45, 7) is 7.94. The highest BCUT2D eigenvalue weighted by atomic mass is 35.5. The quantitative estimate of drug-likeness (QED) is 0.404. The van der Waals surface area contributed by atoms with Crippen LogP contribution < -0.4 is 5.56 Å². The Morgan fingerprint density at radius 3 is 2.84 bits per heavy atom. The van der Waals surface area contributed by atoms with Gasteiger partial charge in [-0.15, -0.1) is 0 Å². The molecule has 0 aliphatic carbocycles. The maximum Gasteiger partial charge on any atom is 0.261 e. The van der Waals surface area contributed by atoms with Crippen LogP contribution in [-0.4, -0.2) is 34.2 Å². The third-order valence-electron chi connectivity index (χ3n) is 3.90. The SMILES string of the molecule is C[Si](C)(C)CCOCn1cc(-c2cccnc2)c2c(=O)[nH]c(Cl)nc21. The van der Waals surface area contributed by atoms with Crippen molar-refractivity contribution >= 4 is 30.7 Å². The number of aromatic amines is 1. The third kappa shape index (κ3) is 4.17. The van der Waals surface area contributed by atoms with Crippen LogP contribution in [0.25, 0.3) is 22.2 Å². The van der Waals surface area contributed by atoms with Crippen LogP contribution in [0, 0.1) is 0 Å². The van der Waals surface area contributed by atoms with Crippen molar-refractivity contribution in [2.75, 3.05) is 6.61 Å². The predicted molar refractivity (Wildman–Crippen MR) is 103 cm³/mol. The largest absolute Gasteiger partial charge is 0.361 e. The maximum absolute atomic E-state index is 12.4. The molecule has 0 fully saturated rings. The van der Waals surface area contributed by atoms with Crippen LogP contribution in [0.15, 0.2) is 35.5 Å². The minimum atomic E-state index is -1.15. The van der Waals surface area contributed by atoms with Gasteiger partial charge in [0.15, 0.2) is 5.65 Å². The lowest BCUT2D eigenvalue weighted by molar-refractivity contribution is 0.0899. The Kier molecular flexibility index (Phi) is 5.08. The zero-order valence-corrected chi connectivity index (χ0v) is 16.3. The molecule has 0 spiro atoms. The van der Waals surface area contributed by atoms with Gasteiger partial charge < -0.3 is 9.30 Å². The molecule has 0 aliphatic heterocycles. The predicted octanol–water partition coefficient (Wildman–Crippen LogP) is 3.75. The molecule has 0 atom stereocenters. The van der Waals surface area contributed by atoms with Crippen molar-refractivity contribution in [3.8, 4) is 11.1 Å². The second kappa shape index (κ2) is 7.11. The second-order valence-corrected chi connectivity index (χ2v) is 13.1. The van der Waals surface area contributed by atoms with Gasteiger partial charge in [-0.05, 0) is 23.7 Å². The molecule has 3 heterocycles. The summed E-state index contributed by atoms with van der Waals surface area (Å²) in [5.41, 5.74) is 1.86. The van der Waals surface area contributed by atoms with Gasteiger partial charge in [0.25, 0.3) is 5.56 Å². The van der Waals surface area contributed by atoms with Gasteiger partial charge in [0.1, 0.15) is 6.73 Å². The van der Waals surface area contributed by atoms with E-state index in [0.717, 1.165) is 17.2 Å². The highest BCUT2D eigenvalue weighted by molar-refractivity contribution is 6.76. The first-order valence-electron chi connectivity index (χ1n) is 8.12. The molecule has 0 radical (unpaired) electrons. The Bertz CT molecular complexity index is 931. The fourth-order valence-corrected chi connectivity index (χ4v) is 3.47. The first-order chi connectivity index (χ1) is 11.8. The van der Waals surface area contributed by atoms with Gasteiger partial charge >= 0.3 is 0 Å². The van der Waals surface area contributed by atoms with Crippen molar-refractivity contribution in [1.29, 1.82) is 0 Å². The lowest BCUT2D eigenvalue weighted by Gasteiger charge is -2.15. The fraction of sp³-hybridized carbons (Fsp3) is 0.353. The van der Waals surface area contributed by atoms with Crippen molar-refractivity contribution in [2.45, 2.75) is 32.4 Å². The molecule has 0 saturated heterocycles. The number of nitrogens with zero attached hydrogens (tertiary/aromatic N) is 3. The van der Waals surface area contributed by atoms with E-state index in [1.54, 1.807) is 12.4 Å². The number of pyridine rings is 1. The molecule has 25 heavy (non-hydrogen) atoms. The van der Waals surface area contributed by atoms with E-state index in [4.69, 9.17) is 16.3 Å². The molecule has 0 saturated carbocycles. The van der Waals surface area contributed by atoms with Crippen LogP contribution in [0.1, 0.15) is 0 Å². The first kappa shape index (κ1) is 17.8. The van der Waals surface area contributed by atoms with Crippen LogP contribution in [0.3, 0.4) is 0 Å². The van der Waals surface area contributed by atoms with E-state index in [1.807, 2.05) is 22.9 Å². The first-order valence-corrected chi connectivity index (χ1v) is 12.2. The molecule has 0 aromatic carbocycles. The van der Waals surface area contributed by atoms with E-state index in [1.165, 1.54) is 0 Å². The molecule has 3 aromatic heterocycles. The Morgan fingerprint density at radius 2 is 2.16 bits per heavy atom. The molecule has 3 rings (SSSR count). The molecular weight excluding hydrogens is 356 g/mol. The smallest absolute Gasteiger partial charge is 0.261 e. The molecular formula is C17H21ClN4O2Si. The van der Waals surface area contributed by atoms with Crippen molar-refractivity contribution in [3.05, 3.63) is 46.4 Å². The van der Waals surface area contributed by atoms with Gasteiger partial charge in [-0.2, -0.15) is 0 Å². The number of rotatable bonds is 6. The van der Waals surface area contributed by atoms with Crippen molar-refractivity contribution < 1.29 is 4.74 Å². The Hall–Kier alpha value is -1.96. The fourth-order valence-electron chi connectivity index (χ4n) is 2.55. The lowest BCUT2D eigenvalue weighted by Crippen LogP contribution is -2.22. The number of hydrogen-bond acceptors (Lipinski definition) is 4. The number of H-pyrrole nitrogens is 1. The average Bonchev–Trinajstić information content (AvgIpc) is 2.90. The number of fused-ring (bicyclic) bond motifs is 1. The number of hydrogen-bond donors (Lipinski definition) is 1. The van der Waals surface area contributed by atoms with Crippen molar-refractivity contribution in [3.63, 3.8) is 0 Å². The van der Waals surface area contributed by atoms with Gasteiger partial charge in [0, 0.05) is 44.4 Å². The van der Waals surface area contributed by atoms with E-state index in [9.17, 15) is 4.79 Å². The van der Waals surface area contributed by atoms with Gasteiger partial charge in [-0.25, -0.2) is 4.98 Å². The summed E-state index contributed by atoms with van der Waals surface area (Å²) >= 11 is 5.94. The zero-order valence-electron chi connectivity index (χ0n) is 14.5. The zero-order chi connectivity index (χ0) is 18.0. The van der Waals surface area contributed by atoms with Crippen LogP contribution in [0.2, 0.25) is 31.0 Å². The van der Waals surface area contributed by atoms with Gasteiger partial charge in [0.05, 0.1) is 5.39 Å². The Labute approximate surface area is 151 Å². The Morgan fingerprint density at radius 1 is 1.36 bits per heavy atom. The van der Waals surface area contributed by atoms with Crippen molar-refractivity contribution in [1.82, 2.24) is 19.5 Å². The van der Waals surface area contributed by atoms with Crippen molar-refractivity contribution in [2.24, 2.45) is 0 Å². The van der Waals surface area contributed by atoms with E-state index >= 15 is 0 Å². The topological polar surface area (TPSA) is 72.8 Å². The average molecular weight is 377 g/mol. The maximum atomic E-state index is 12.4. The van der Waals surface area contributed by atoms with Crippen LogP contribution in [0.4, 0.5) is 0 Å². The highest BCUT2D eigenvalue weighted by Crippen LogP contribution is 2.27. The lowest BCUT2D eigenvalue weighted by atomic mass is 10.1. The minimum Gasteiger partial charge on any atom is -0.361 e. The number of aromatic nitrogens is 4.